The van der Waals surface area contributed by atoms with Crippen LogP contribution in [0.15, 0.2) is 16.9 Å². The van der Waals surface area contributed by atoms with Crippen molar-refractivity contribution in [2.24, 2.45) is 5.73 Å². The number of rotatable bonds is 8. The van der Waals surface area contributed by atoms with Crippen molar-refractivity contribution in [1.29, 1.82) is 0 Å². The normalized spacial score (nSPS) is 14.6. The number of primary amides is 1. The molecule has 0 aliphatic rings. The highest BCUT2D eigenvalue weighted by molar-refractivity contribution is 9.10. The first-order valence-electron chi connectivity index (χ1n) is 6.59. The average Bonchev–Trinajstić information content (AvgIpc) is 2.69. The number of carbonyl (C=O) groups excluding carboxylic acids is 1. The van der Waals surface area contributed by atoms with Crippen LogP contribution in [0.5, 0.6) is 0 Å². The summed E-state index contributed by atoms with van der Waals surface area (Å²) in [4.78, 5) is 11.6. The van der Waals surface area contributed by atoms with E-state index in [0.717, 1.165) is 30.3 Å². The lowest BCUT2D eigenvalue weighted by molar-refractivity contribution is -0.124. The van der Waals surface area contributed by atoms with Crippen molar-refractivity contribution >= 4 is 21.8 Å². The van der Waals surface area contributed by atoms with Crippen molar-refractivity contribution in [2.75, 3.05) is 0 Å². The van der Waals surface area contributed by atoms with E-state index in [9.17, 15) is 4.79 Å². The molecule has 19 heavy (non-hydrogen) atoms. The van der Waals surface area contributed by atoms with Gasteiger partial charge in [0, 0.05) is 18.8 Å². The molecule has 6 heteroatoms. The third-order valence-corrected chi connectivity index (χ3v) is 3.48. The fourth-order valence-corrected chi connectivity index (χ4v) is 2.44. The van der Waals surface area contributed by atoms with Gasteiger partial charge in [-0.25, -0.2) is 0 Å². The van der Waals surface area contributed by atoms with Gasteiger partial charge >= 0.3 is 0 Å². The Hall–Kier alpha value is -0.880. The molecule has 1 amide bonds. The molecule has 0 bridgehead atoms. The number of aromatic nitrogens is 2. The Bertz CT molecular complexity index is 419. The van der Waals surface area contributed by atoms with Crippen LogP contribution in [0.3, 0.4) is 0 Å². The molecule has 3 N–H and O–H groups in total. The van der Waals surface area contributed by atoms with Crippen LogP contribution in [0.25, 0.3) is 0 Å². The van der Waals surface area contributed by atoms with Crippen LogP contribution in [-0.2, 0) is 11.3 Å². The van der Waals surface area contributed by atoms with E-state index in [4.69, 9.17) is 5.73 Å². The van der Waals surface area contributed by atoms with Crippen molar-refractivity contribution < 1.29 is 4.79 Å². The highest BCUT2D eigenvalue weighted by Crippen LogP contribution is 2.15. The molecule has 1 unspecified atom stereocenters. The molecule has 0 aromatic carbocycles. The lowest BCUT2D eigenvalue weighted by Crippen LogP contribution is -2.55. The summed E-state index contributed by atoms with van der Waals surface area (Å²) < 4.78 is 2.87. The minimum Gasteiger partial charge on any atom is -0.368 e. The molecule has 1 aromatic heterocycles. The minimum atomic E-state index is -0.626. The molecule has 0 saturated carbocycles. The first-order chi connectivity index (χ1) is 8.83. The number of halogens is 1. The number of nitrogens with one attached hydrogen (secondary N) is 1. The predicted molar refractivity (Wildman–Crippen MR) is 79.6 cm³/mol. The first kappa shape index (κ1) is 16.2. The van der Waals surface area contributed by atoms with E-state index in [1.807, 2.05) is 31.6 Å². The zero-order valence-corrected chi connectivity index (χ0v) is 13.4. The fraction of sp³-hybridized carbons (Fsp3) is 0.692. The molecule has 108 valence electrons. The smallest absolute Gasteiger partial charge is 0.237 e. The number of carbonyl (C=O) groups is 1. The fourth-order valence-electron chi connectivity index (χ4n) is 2.12. The maximum Gasteiger partial charge on any atom is 0.237 e. The summed E-state index contributed by atoms with van der Waals surface area (Å²) in [5.74, 6) is -0.289. The van der Waals surface area contributed by atoms with Crippen LogP contribution >= 0.6 is 15.9 Å². The van der Waals surface area contributed by atoms with Crippen LogP contribution in [-0.4, -0.2) is 27.3 Å². The van der Waals surface area contributed by atoms with E-state index >= 15 is 0 Å². The summed E-state index contributed by atoms with van der Waals surface area (Å²) in [5, 5.41) is 7.45. The summed E-state index contributed by atoms with van der Waals surface area (Å²) in [7, 11) is 0. The molecule has 1 heterocycles. The second kappa shape index (κ2) is 7.05. The average molecular weight is 331 g/mol. The van der Waals surface area contributed by atoms with Gasteiger partial charge in [-0.1, -0.05) is 0 Å². The van der Waals surface area contributed by atoms with Crippen molar-refractivity contribution in [2.45, 2.75) is 58.2 Å². The zero-order valence-electron chi connectivity index (χ0n) is 11.8. The van der Waals surface area contributed by atoms with E-state index in [1.165, 1.54) is 0 Å². The molecule has 0 aliphatic carbocycles. The van der Waals surface area contributed by atoms with Gasteiger partial charge in [0.25, 0.3) is 0 Å². The Morgan fingerprint density at radius 1 is 1.58 bits per heavy atom. The Balaban J connectivity index is 2.38. The van der Waals surface area contributed by atoms with E-state index in [1.54, 1.807) is 6.20 Å². The predicted octanol–water partition coefficient (Wildman–Crippen LogP) is 2.06. The van der Waals surface area contributed by atoms with Crippen LogP contribution in [0.1, 0.15) is 40.0 Å². The topological polar surface area (TPSA) is 72.9 Å². The minimum absolute atomic E-state index is 0.236. The molecule has 0 radical (unpaired) electrons. The number of nitrogens with zero attached hydrogens (tertiary/aromatic N) is 2. The molecule has 1 aromatic rings. The van der Waals surface area contributed by atoms with E-state index in [0.29, 0.717) is 0 Å². The summed E-state index contributed by atoms with van der Waals surface area (Å²) >= 11 is 3.36. The van der Waals surface area contributed by atoms with Gasteiger partial charge in [0.15, 0.2) is 0 Å². The maximum atomic E-state index is 11.6. The highest BCUT2D eigenvalue weighted by atomic mass is 79.9. The zero-order chi connectivity index (χ0) is 14.5. The molecule has 0 aliphatic heterocycles. The van der Waals surface area contributed by atoms with Crippen LogP contribution < -0.4 is 11.1 Å². The molecule has 0 saturated heterocycles. The van der Waals surface area contributed by atoms with Crippen molar-refractivity contribution in [3.05, 3.63) is 16.9 Å². The summed E-state index contributed by atoms with van der Waals surface area (Å²) in [6.45, 7) is 6.76. The Kier molecular flexibility index (Phi) is 6.00. The highest BCUT2D eigenvalue weighted by Gasteiger charge is 2.30. The van der Waals surface area contributed by atoms with Gasteiger partial charge in [-0.15, -0.1) is 0 Å². The second-order valence-corrected chi connectivity index (χ2v) is 6.29. The molecule has 1 rings (SSSR count). The van der Waals surface area contributed by atoms with Crippen LogP contribution in [0.2, 0.25) is 0 Å². The molecular weight excluding hydrogens is 308 g/mol. The molecular formula is C13H23BrN4O. The van der Waals surface area contributed by atoms with Gasteiger partial charge in [-0.3, -0.25) is 9.48 Å². The SMILES string of the molecule is CC(C)NC(C)(CCCCn1cc(Br)cn1)C(N)=O. The van der Waals surface area contributed by atoms with E-state index in [-0.39, 0.29) is 11.9 Å². The van der Waals surface area contributed by atoms with Gasteiger partial charge < -0.3 is 11.1 Å². The van der Waals surface area contributed by atoms with E-state index in [2.05, 4.69) is 26.3 Å². The number of aryl methyl sites for hydroxylation is 1. The van der Waals surface area contributed by atoms with Crippen LogP contribution in [0.4, 0.5) is 0 Å². The molecule has 1 atom stereocenters. The Morgan fingerprint density at radius 2 is 2.26 bits per heavy atom. The molecule has 0 fully saturated rings. The summed E-state index contributed by atoms with van der Waals surface area (Å²) in [6.07, 6.45) is 6.35. The van der Waals surface area contributed by atoms with Gasteiger partial charge in [0.1, 0.15) is 0 Å². The second-order valence-electron chi connectivity index (χ2n) is 5.37. The molecule has 0 spiro atoms. The van der Waals surface area contributed by atoms with Gasteiger partial charge in [0.05, 0.1) is 16.2 Å². The number of hydrogen-bond donors (Lipinski definition) is 2. The summed E-state index contributed by atoms with van der Waals surface area (Å²) in [6, 6.07) is 0.236. The standard InChI is InChI=1S/C13H23BrN4O/c1-10(2)17-13(3,12(15)19)6-4-5-7-18-9-11(14)8-16-18/h8-10,17H,4-7H2,1-3H3,(H2,15,19). The monoisotopic (exact) mass is 330 g/mol. The maximum absolute atomic E-state index is 11.6. The lowest BCUT2D eigenvalue weighted by atomic mass is 9.93. The summed E-state index contributed by atoms with van der Waals surface area (Å²) in [5.41, 5.74) is 4.86. The van der Waals surface area contributed by atoms with Crippen molar-refractivity contribution in [3.8, 4) is 0 Å². The Morgan fingerprint density at radius 3 is 2.74 bits per heavy atom. The third-order valence-electron chi connectivity index (χ3n) is 3.07. The van der Waals surface area contributed by atoms with E-state index < -0.39 is 5.54 Å². The van der Waals surface area contributed by atoms with Gasteiger partial charge in [-0.2, -0.15) is 5.10 Å². The number of unbranched alkanes of at least 4 members (excludes halogenated alkanes) is 1. The largest absolute Gasteiger partial charge is 0.368 e. The van der Waals surface area contributed by atoms with Gasteiger partial charge in [0.2, 0.25) is 5.91 Å². The van der Waals surface area contributed by atoms with Crippen LogP contribution in [0, 0.1) is 0 Å². The first-order valence-corrected chi connectivity index (χ1v) is 7.38. The van der Waals surface area contributed by atoms with Crippen molar-refractivity contribution in [3.63, 3.8) is 0 Å². The number of amides is 1. The lowest BCUT2D eigenvalue weighted by Gasteiger charge is -2.29. The van der Waals surface area contributed by atoms with Crippen molar-refractivity contribution in [1.82, 2.24) is 15.1 Å². The third kappa shape index (κ3) is 5.32. The number of nitrogens with two attached hydrogens (primary N) is 1. The molecule has 5 nitrogen and oxygen atoms in total. The number of hydrogen-bond acceptors (Lipinski definition) is 3. The Labute approximate surface area is 123 Å². The van der Waals surface area contributed by atoms with Gasteiger partial charge in [-0.05, 0) is 56.0 Å². The quantitative estimate of drug-likeness (QED) is 0.716.